The number of nitrogens with zero attached hydrogens (tertiary/aromatic N) is 1. The van der Waals surface area contributed by atoms with Gasteiger partial charge in [-0.25, -0.2) is 9.78 Å². The molecule has 1 heterocycles. The molecule has 0 saturated heterocycles. The number of hydrogen-bond acceptors (Lipinski definition) is 3. The van der Waals surface area contributed by atoms with Gasteiger partial charge in [0.1, 0.15) is 5.69 Å². The van der Waals surface area contributed by atoms with E-state index in [1.54, 1.807) is 19.1 Å². The second kappa shape index (κ2) is 6.58. The van der Waals surface area contributed by atoms with Crippen LogP contribution < -0.4 is 0 Å². The molecule has 122 valence electrons. The van der Waals surface area contributed by atoms with Gasteiger partial charge in [-0.3, -0.25) is 0 Å². The van der Waals surface area contributed by atoms with Crippen LogP contribution in [0, 0.1) is 6.92 Å². The van der Waals surface area contributed by atoms with E-state index in [-0.39, 0.29) is 23.4 Å². The van der Waals surface area contributed by atoms with Gasteiger partial charge in [-0.2, -0.15) is 13.2 Å². The number of carbonyl (C=O) groups excluding carboxylic acids is 1. The lowest BCUT2D eigenvalue weighted by Crippen LogP contribution is -2.15. The second-order valence-corrected chi connectivity index (χ2v) is 5.18. The lowest BCUT2D eigenvalue weighted by atomic mass is 9.98. The monoisotopic (exact) mass is 343 g/mol. The average Bonchev–Trinajstić information content (AvgIpc) is 2.46. The quantitative estimate of drug-likeness (QED) is 0.744. The third-order valence-corrected chi connectivity index (χ3v) is 3.38. The van der Waals surface area contributed by atoms with Crippen LogP contribution in [0.5, 0.6) is 0 Å². The number of pyridine rings is 1. The van der Waals surface area contributed by atoms with Crippen LogP contribution in [0.25, 0.3) is 11.1 Å². The number of hydrogen-bond donors (Lipinski definition) is 0. The lowest BCUT2D eigenvalue weighted by Gasteiger charge is -2.15. The molecule has 0 unspecified atom stereocenters. The molecule has 0 fully saturated rings. The Kier molecular flexibility index (Phi) is 4.94. The van der Waals surface area contributed by atoms with E-state index in [1.165, 1.54) is 19.1 Å². The fourth-order valence-electron chi connectivity index (χ4n) is 2.14. The Labute approximate surface area is 136 Å². The van der Waals surface area contributed by atoms with E-state index in [4.69, 9.17) is 16.3 Å². The number of ether oxygens (including phenoxy) is 1. The molecule has 0 radical (unpaired) electrons. The maximum absolute atomic E-state index is 13.0. The van der Waals surface area contributed by atoms with Crippen LogP contribution in [0.15, 0.2) is 30.3 Å². The van der Waals surface area contributed by atoms with Crippen LogP contribution >= 0.6 is 11.6 Å². The Balaban J connectivity index is 2.70. The Morgan fingerprint density at radius 1 is 1.26 bits per heavy atom. The molecule has 2 rings (SSSR count). The van der Waals surface area contributed by atoms with Crippen molar-refractivity contribution in [2.24, 2.45) is 0 Å². The molecular formula is C16H13ClF3NO2. The average molecular weight is 344 g/mol. The summed E-state index contributed by atoms with van der Waals surface area (Å²) in [5.41, 5.74) is -0.549. The minimum Gasteiger partial charge on any atom is -0.462 e. The van der Waals surface area contributed by atoms with Gasteiger partial charge >= 0.3 is 12.1 Å². The van der Waals surface area contributed by atoms with Crippen molar-refractivity contribution in [1.29, 1.82) is 0 Å². The molecule has 0 spiro atoms. The van der Waals surface area contributed by atoms with E-state index in [2.05, 4.69) is 4.98 Å². The summed E-state index contributed by atoms with van der Waals surface area (Å²) < 4.78 is 44.0. The molecule has 0 saturated carbocycles. The van der Waals surface area contributed by atoms with Crippen molar-refractivity contribution in [3.63, 3.8) is 0 Å². The van der Waals surface area contributed by atoms with Crippen LogP contribution in [-0.4, -0.2) is 17.6 Å². The van der Waals surface area contributed by atoms with Crippen LogP contribution in [0.4, 0.5) is 13.2 Å². The number of alkyl halides is 3. The van der Waals surface area contributed by atoms with Gasteiger partial charge in [0, 0.05) is 10.6 Å². The van der Waals surface area contributed by atoms with Crippen LogP contribution in [0.3, 0.4) is 0 Å². The second-order valence-electron chi connectivity index (χ2n) is 4.74. The molecule has 7 heteroatoms. The predicted octanol–water partition coefficient (Wildman–Crippen LogP) is 4.91. The molecule has 23 heavy (non-hydrogen) atoms. The van der Waals surface area contributed by atoms with E-state index in [0.717, 1.165) is 6.07 Å². The molecule has 0 bridgehead atoms. The predicted molar refractivity (Wildman–Crippen MR) is 80.4 cm³/mol. The number of aryl methyl sites for hydroxylation is 1. The van der Waals surface area contributed by atoms with Crippen molar-refractivity contribution in [1.82, 2.24) is 4.98 Å². The molecule has 1 aromatic carbocycles. The van der Waals surface area contributed by atoms with Crippen molar-refractivity contribution in [3.8, 4) is 11.1 Å². The zero-order valence-corrected chi connectivity index (χ0v) is 13.1. The fourth-order valence-corrected chi connectivity index (χ4v) is 2.26. The van der Waals surface area contributed by atoms with Gasteiger partial charge in [-0.1, -0.05) is 23.7 Å². The number of carbonyl (C=O) groups is 1. The number of aromatic nitrogens is 1. The van der Waals surface area contributed by atoms with E-state index in [9.17, 15) is 18.0 Å². The summed E-state index contributed by atoms with van der Waals surface area (Å²) in [7, 11) is 0. The molecule has 0 aliphatic carbocycles. The van der Waals surface area contributed by atoms with Crippen LogP contribution in [0.1, 0.15) is 28.7 Å². The number of esters is 1. The molecule has 0 amide bonds. The summed E-state index contributed by atoms with van der Waals surface area (Å²) in [5.74, 6) is -0.712. The smallest absolute Gasteiger partial charge is 0.433 e. The first-order valence-corrected chi connectivity index (χ1v) is 7.13. The zero-order chi connectivity index (χ0) is 17.2. The molecule has 0 atom stereocenters. The first-order valence-electron chi connectivity index (χ1n) is 6.76. The first kappa shape index (κ1) is 17.3. The Bertz CT molecular complexity index is 727. The summed E-state index contributed by atoms with van der Waals surface area (Å²) in [6, 6.07) is 7.01. The topological polar surface area (TPSA) is 39.2 Å². The van der Waals surface area contributed by atoms with Crippen molar-refractivity contribution in [2.45, 2.75) is 20.0 Å². The van der Waals surface area contributed by atoms with Gasteiger partial charge in [-0.15, -0.1) is 0 Å². The fraction of sp³-hybridized carbons (Fsp3) is 0.250. The van der Waals surface area contributed by atoms with E-state index >= 15 is 0 Å². The third kappa shape index (κ3) is 3.82. The maximum atomic E-state index is 13.0. The molecular weight excluding hydrogens is 331 g/mol. The summed E-state index contributed by atoms with van der Waals surface area (Å²) in [4.78, 5) is 15.6. The Morgan fingerprint density at radius 2 is 1.87 bits per heavy atom. The van der Waals surface area contributed by atoms with Gasteiger partial charge in [-0.05, 0) is 37.6 Å². The summed E-state index contributed by atoms with van der Waals surface area (Å²) >= 11 is 5.80. The number of benzene rings is 1. The number of rotatable bonds is 3. The molecule has 3 nitrogen and oxygen atoms in total. The zero-order valence-electron chi connectivity index (χ0n) is 12.4. The summed E-state index contributed by atoms with van der Waals surface area (Å²) in [6.45, 7) is 3.08. The SMILES string of the molecule is CCOC(=O)c1c(-c2ccc(Cl)cc2)cc(C(F)(F)F)nc1C. The van der Waals surface area contributed by atoms with Gasteiger partial charge in [0.15, 0.2) is 0 Å². The highest BCUT2D eigenvalue weighted by molar-refractivity contribution is 6.30. The van der Waals surface area contributed by atoms with Crippen molar-refractivity contribution in [3.05, 3.63) is 52.3 Å². The van der Waals surface area contributed by atoms with Crippen molar-refractivity contribution < 1.29 is 22.7 Å². The van der Waals surface area contributed by atoms with Gasteiger partial charge < -0.3 is 4.74 Å². The van der Waals surface area contributed by atoms with Crippen molar-refractivity contribution in [2.75, 3.05) is 6.61 Å². The highest BCUT2D eigenvalue weighted by atomic mass is 35.5. The lowest BCUT2D eigenvalue weighted by molar-refractivity contribution is -0.141. The molecule has 1 aromatic heterocycles. The van der Waals surface area contributed by atoms with Gasteiger partial charge in [0.2, 0.25) is 0 Å². The Hall–Kier alpha value is -2.08. The highest BCUT2D eigenvalue weighted by Crippen LogP contribution is 2.34. The maximum Gasteiger partial charge on any atom is 0.433 e. The van der Waals surface area contributed by atoms with Crippen LogP contribution in [0.2, 0.25) is 5.02 Å². The summed E-state index contributed by atoms with van der Waals surface area (Å²) in [6.07, 6.45) is -4.61. The van der Waals surface area contributed by atoms with Gasteiger partial charge in [0.05, 0.1) is 17.9 Å². The normalized spacial score (nSPS) is 11.4. The van der Waals surface area contributed by atoms with Crippen LogP contribution in [-0.2, 0) is 10.9 Å². The molecule has 0 aliphatic rings. The largest absolute Gasteiger partial charge is 0.462 e. The minimum atomic E-state index is -4.61. The third-order valence-electron chi connectivity index (χ3n) is 3.13. The van der Waals surface area contributed by atoms with Crippen molar-refractivity contribution >= 4 is 17.6 Å². The van der Waals surface area contributed by atoms with E-state index < -0.39 is 17.8 Å². The summed E-state index contributed by atoms with van der Waals surface area (Å²) in [5, 5.41) is 0.438. The van der Waals surface area contributed by atoms with Gasteiger partial charge in [0.25, 0.3) is 0 Å². The molecule has 0 aliphatic heterocycles. The Morgan fingerprint density at radius 3 is 2.39 bits per heavy atom. The number of halogens is 4. The first-order chi connectivity index (χ1) is 10.7. The highest BCUT2D eigenvalue weighted by Gasteiger charge is 2.34. The molecule has 0 N–H and O–H groups in total. The molecule has 2 aromatic rings. The van der Waals surface area contributed by atoms with E-state index in [0.29, 0.717) is 10.6 Å². The standard InChI is InChI=1S/C16H13ClF3NO2/c1-3-23-15(22)14-9(2)21-13(16(18,19)20)8-12(14)10-4-6-11(17)7-5-10/h4-8H,3H2,1-2H3. The van der Waals surface area contributed by atoms with E-state index in [1.807, 2.05) is 0 Å². The minimum absolute atomic E-state index is 0.0159.